The van der Waals surface area contributed by atoms with Crippen LogP contribution in [-0.2, 0) is 6.42 Å². The predicted molar refractivity (Wildman–Crippen MR) is 104 cm³/mol. The summed E-state index contributed by atoms with van der Waals surface area (Å²) in [5.41, 5.74) is 4.41. The molecular weight excluding hydrogens is 349 g/mol. The van der Waals surface area contributed by atoms with Gasteiger partial charge < -0.3 is 10.2 Å². The molecule has 0 radical (unpaired) electrons. The van der Waals surface area contributed by atoms with Crippen LogP contribution in [0.15, 0.2) is 42.5 Å². The quantitative estimate of drug-likeness (QED) is 0.741. The highest BCUT2D eigenvalue weighted by molar-refractivity contribution is 7.15. The Bertz CT molecular complexity index is 998. The zero-order chi connectivity index (χ0) is 18.3. The summed E-state index contributed by atoms with van der Waals surface area (Å²) in [5.74, 6) is -0.566. The van der Waals surface area contributed by atoms with Gasteiger partial charge in [-0.1, -0.05) is 12.1 Å². The average molecular weight is 367 g/mol. The number of carbonyl (C=O) groups is 1. The van der Waals surface area contributed by atoms with Crippen LogP contribution in [0.25, 0.3) is 11.3 Å². The molecule has 6 heteroatoms. The minimum atomic E-state index is -0.398. The first kappa shape index (κ1) is 16.7. The van der Waals surface area contributed by atoms with Gasteiger partial charge in [0.25, 0.3) is 5.91 Å². The smallest absolute Gasteiger partial charge is 0.258 e. The Kier molecular flexibility index (Phi) is 4.20. The van der Waals surface area contributed by atoms with Crippen LogP contribution in [-0.4, -0.2) is 24.5 Å². The molecule has 1 amide bonds. The number of fused-ring (bicyclic) bond motifs is 1. The van der Waals surface area contributed by atoms with Crippen LogP contribution < -0.4 is 10.2 Å². The summed E-state index contributed by atoms with van der Waals surface area (Å²) in [4.78, 5) is 20.2. The van der Waals surface area contributed by atoms with Crippen molar-refractivity contribution in [3.63, 3.8) is 0 Å². The average Bonchev–Trinajstić information content (AvgIpc) is 3.23. The van der Waals surface area contributed by atoms with Crippen LogP contribution in [0.5, 0.6) is 0 Å². The van der Waals surface area contributed by atoms with E-state index in [4.69, 9.17) is 0 Å². The number of nitrogens with one attached hydrogen (secondary N) is 1. The molecule has 4 nitrogen and oxygen atoms in total. The first-order chi connectivity index (χ1) is 12.6. The minimum absolute atomic E-state index is 0.168. The molecule has 26 heavy (non-hydrogen) atoms. The largest absolute Gasteiger partial charge is 0.365 e. The van der Waals surface area contributed by atoms with Gasteiger partial charge in [-0.3, -0.25) is 4.79 Å². The van der Waals surface area contributed by atoms with E-state index in [2.05, 4.69) is 23.3 Å². The van der Waals surface area contributed by atoms with Gasteiger partial charge in [0.1, 0.15) is 5.82 Å². The van der Waals surface area contributed by atoms with Gasteiger partial charge in [-0.25, -0.2) is 9.37 Å². The molecule has 1 N–H and O–H groups in total. The third-order valence-electron chi connectivity index (χ3n) is 4.58. The van der Waals surface area contributed by atoms with E-state index in [-0.39, 0.29) is 5.91 Å². The molecule has 0 saturated heterocycles. The van der Waals surface area contributed by atoms with E-state index < -0.39 is 5.82 Å². The fraction of sp³-hybridized carbons (Fsp3) is 0.200. The Balaban J connectivity index is 1.66. The summed E-state index contributed by atoms with van der Waals surface area (Å²) in [6, 6.07) is 11.9. The maximum atomic E-state index is 13.4. The summed E-state index contributed by atoms with van der Waals surface area (Å²) in [6.45, 7) is 2.66. The number of carbonyl (C=O) groups excluding carboxylic acids is 1. The number of halogens is 1. The van der Waals surface area contributed by atoms with Crippen LogP contribution in [0, 0.1) is 12.7 Å². The van der Waals surface area contributed by atoms with E-state index in [0.717, 1.165) is 38.9 Å². The highest BCUT2D eigenvalue weighted by Crippen LogP contribution is 2.36. The second-order valence-corrected chi connectivity index (χ2v) is 7.44. The number of aromatic nitrogens is 1. The number of rotatable bonds is 3. The van der Waals surface area contributed by atoms with Crippen LogP contribution in [0.3, 0.4) is 0 Å². The number of hydrogen-bond acceptors (Lipinski definition) is 4. The molecule has 3 aromatic rings. The second-order valence-electron chi connectivity index (χ2n) is 6.23. The third kappa shape index (κ3) is 2.86. The molecule has 132 valence electrons. The lowest BCUT2D eigenvalue weighted by molar-refractivity contribution is 0.0989. The van der Waals surface area contributed by atoms with E-state index in [1.54, 1.807) is 28.4 Å². The molecule has 1 aliphatic heterocycles. The number of aryl methyl sites for hydroxylation is 1. The molecule has 0 aliphatic carbocycles. The Labute approximate surface area is 155 Å². The van der Waals surface area contributed by atoms with Crippen molar-refractivity contribution >= 4 is 28.1 Å². The van der Waals surface area contributed by atoms with Gasteiger partial charge in [0.05, 0.1) is 5.69 Å². The van der Waals surface area contributed by atoms with E-state index in [1.807, 2.05) is 19.2 Å². The lowest BCUT2D eigenvalue weighted by Crippen LogP contribution is -2.28. The zero-order valence-electron chi connectivity index (χ0n) is 14.5. The third-order valence-corrected chi connectivity index (χ3v) is 5.56. The van der Waals surface area contributed by atoms with Crippen molar-refractivity contribution in [3.05, 3.63) is 64.3 Å². The normalized spacial score (nSPS) is 13.0. The molecule has 0 saturated carbocycles. The fourth-order valence-corrected chi connectivity index (χ4v) is 4.10. The van der Waals surface area contributed by atoms with Crippen molar-refractivity contribution in [2.45, 2.75) is 13.3 Å². The molecule has 0 spiro atoms. The Morgan fingerprint density at radius 2 is 2.12 bits per heavy atom. The van der Waals surface area contributed by atoms with Crippen molar-refractivity contribution in [1.29, 1.82) is 0 Å². The van der Waals surface area contributed by atoms with E-state index in [1.165, 1.54) is 12.1 Å². The summed E-state index contributed by atoms with van der Waals surface area (Å²) in [6.07, 6.45) is 0.784. The molecule has 0 fully saturated rings. The molecule has 0 unspecified atom stereocenters. The molecule has 1 aliphatic rings. The van der Waals surface area contributed by atoms with Gasteiger partial charge in [0, 0.05) is 35.3 Å². The van der Waals surface area contributed by atoms with Gasteiger partial charge in [0.2, 0.25) is 0 Å². The van der Waals surface area contributed by atoms with E-state index in [0.29, 0.717) is 12.1 Å². The minimum Gasteiger partial charge on any atom is -0.365 e. The number of thiazole rings is 1. The Hall–Kier alpha value is -2.73. The zero-order valence-corrected chi connectivity index (χ0v) is 15.4. The maximum absolute atomic E-state index is 13.4. The first-order valence-corrected chi connectivity index (χ1v) is 9.24. The summed E-state index contributed by atoms with van der Waals surface area (Å²) >= 11 is 1.62. The highest BCUT2D eigenvalue weighted by atomic mass is 32.1. The van der Waals surface area contributed by atoms with E-state index in [9.17, 15) is 9.18 Å². The molecule has 4 rings (SSSR count). The molecular formula is C20H18FN3OS. The highest BCUT2D eigenvalue weighted by Gasteiger charge is 2.26. The number of nitrogens with zero attached hydrogens (tertiary/aromatic N) is 2. The SMILES string of the molecule is CNc1nc(-c2ccc3c(c2)CCN3C(=O)c2cccc(F)c2)c(C)s1. The number of benzene rings is 2. The van der Waals surface area contributed by atoms with Crippen LogP contribution in [0.2, 0.25) is 0 Å². The van der Waals surface area contributed by atoms with Crippen molar-refractivity contribution < 1.29 is 9.18 Å². The maximum Gasteiger partial charge on any atom is 0.258 e. The summed E-state index contributed by atoms with van der Waals surface area (Å²) < 4.78 is 13.4. The first-order valence-electron chi connectivity index (χ1n) is 8.42. The van der Waals surface area contributed by atoms with Crippen molar-refractivity contribution in [1.82, 2.24) is 4.98 Å². The monoisotopic (exact) mass is 367 g/mol. The predicted octanol–water partition coefficient (Wildman–Crippen LogP) is 4.50. The molecule has 0 atom stereocenters. The topological polar surface area (TPSA) is 45.2 Å². The summed E-state index contributed by atoms with van der Waals surface area (Å²) in [7, 11) is 1.86. The number of amides is 1. The Morgan fingerprint density at radius 3 is 2.85 bits per heavy atom. The fourth-order valence-electron chi connectivity index (χ4n) is 3.31. The second kappa shape index (κ2) is 6.53. The van der Waals surface area contributed by atoms with Crippen molar-refractivity contribution in [2.24, 2.45) is 0 Å². The van der Waals surface area contributed by atoms with Crippen LogP contribution >= 0.6 is 11.3 Å². The molecule has 0 bridgehead atoms. The number of anilines is 2. The van der Waals surface area contributed by atoms with Gasteiger partial charge in [-0.05, 0) is 49.2 Å². The van der Waals surface area contributed by atoms with Gasteiger partial charge >= 0.3 is 0 Å². The lowest BCUT2D eigenvalue weighted by Gasteiger charge is -2.17. The lowest BCUT2D eigenvalue weighted by atomic mass is 10.1. The molecule has 1 aromatic heterocycles. The Morgan fingerprint density at radius 1 is 1.27 bits per heavy atom. The van der Waals surface area contributed by atoms with Gasteiger partial charge in [-0.2, -0.15) is 0 Å². The van der Waals surface area contributed by atoms with E-state index >= 15 is 0 Å². The van der Waals surface area contributed by atoms with Crippen LogP contribution in [0.1, 0.15) is 20.8 Å². The van der Waals surface area contributed by atoms with Gasteiger partial charge in [0.15, 0.2) is 5.13 Å². The van der Waals surface area contributed by atoms with Crippen molar-refractivity contribution in [2.75, 3.05) is 23.8 Å². The molecule has 2 heterocycles. The standard InChI is InChI=1S/C20H18FN3OS/c1-12-18(23-20(22-2)26-12)14-6-7-17-13(10-14)8-9-24(17)19(25)15-4-3-5-16(21)11-15/h3-7,10-11H,8-9H2,1-2H3,(H,22,23). The van der Waals surface area contributed by atoms with Crippen LogP contribution in [0.4, 0.5) is 15.2 Å². The van der Waals surface area contributed by atoms with Crippen molar-refractivity contribution in [3.8, 4) is 11.3 Å². The molecule has 2 aromatic carbocycles. The van der Waals surface area contributed by atoms with Gasteiger partial charge in [-0.15, -0.1) is 11.3 Å². The summed E-state index contributed by atoms with van der Waals surface area (Å²) in [5, 5.41) is 3.97. The number of hydrogen-bond donors (Lipinski definition) is 1.